The molecular formula is C18H17F3N2O3. The Morgan fingerprint density at radius 1 is 1.27 bits per heavy atom. The zero-order chi connectivity index (χ0) is 19.5. The molecule has 5 nitrogen and oxygen atoms in total. The van der Waals surface area contributed by atoms with Crippen molar-refractivity contribution in [1.82, 2.24) is 9.78 Å². The van der Waals surface area contributed by atoms with E-state index in [0.717, 1.165) is 12.1 Å². The second-order valence-corrected chi connectivity index (χ2v) is 5.73. The number of carboxylic acids is 1. The lowest BCUT2D eigenvalue weighted by Crippen LogP contribution is -2.07. The van der Waals surface area contributed by atoms with Gasteiger partial charge in [-0.1, -0.05) is 12.1 Å². The molecule has 138 valence electrons. The van der Waals surface area contributed by atoms with Crippen molar-refractivity contribution in [3.05, 3.63) is 58.4 Å². The number of halogens is 3. The van der Waals surface area contributed by atoms with Gasteiger partial charge in [0.2, 0.25) is 0 Å². The third kappa shape index (κ3) is 4.59. The Labute approximate surface area is 147 Å². The molecule has 0 radical (unpaired) electrons. The minimum atomic E-state index is -4.52. The van der Waals surface area contributed by atoms with E-state index in [-0.39, 0.29) is 18.5 Å². The van der Waals surface area contributed by atoms with Gasteiger partial charge < -0.3 is 5.11 Å². The maximum absolute atomic E-state index is 12.7. The first-order valence-corrected chi connectivity index (χ1v) is 7.75. The summed E-state index contributed by atoms with van der Waals surface area (Å²) < 4.78 is 39.7. The molecule has 0 spiro atoms. The van der Waals surface area contributed by atoms with Crippen molar-refractivity contribution in [2.24, 2.45) is 0 Å². The van der Waals surface area contributed by atoms with E-state index in [1.165, 1.54) is 29.0 Å². The van der Waals surface area contributed by atoms with Crippen molar-refractivity contribution >= 4 is 17.8 Å². The van der Waals surface area contributed by atoms with Gasteiger partial charge in [-0.15, -0.1) is 0 Å². The smallest absolute Gasteiger partial charge is 0.416 e. The number of allylic oxidation sites excluding steroid dienone is 1. The number of benzene rings is 1. The average Bonchev–Trinajstić information content (AvgIpc) is 2.84. The maximum Gasteiger partial charge on any atom is 0.416 e. The van der Waals surface area contributed by atoms with Gasteiger partial charge in [0, 0.05) is 16.8 Å². The van der Waals surface area contributed by atoms with E-state index < -0.39 is 23.5 Å². The molecule has 1 N–H and O–H groups in total. The largest absolute Gasteiger partial charge is 0.481 e. The van der Waals surface area contributed by atoms with Gasteiger partial charge >= 0.3 is 12.1 Å². The van der Waals surface area contributed by atoms with Crippen LogP contribution < -0.4 is 0 Å². The van der Waals surface area contributed by atoms with Crippen LogP contribution in [0.5, 0.6) is 0 Å². The molecule has 1 heterocycles. The number of ketones is 1. The molecule has 0 aliphatic rings. The lowest BCUT2D eigenvalue weighted by atomic mass is 10.1. The van der Waals surface area contributed by atoms with Crippen LogP contribution in [0.1, 0.15) is 39.3 Å². The zero-order valence-electron chi connectivity index (χ0n) is 14.2. The van der Waals surface area contributed by atoms with Crippen molar-refractivity contribution in [3.8, 4) is 0 Å². The van der Waals surface area contributed by atoms with Crippen LogP contribution in [0.3, 0.4) is 0 Å². The van der Waals surface area contributed by atoms with Crippen LogP contribution in [-0.4, -0.2) is 26.6 Å². The summed E-state index contributed by atoms with van der Waals surface area (Å²) in [7, 11) is 0. The fourth-order valence-electron chi connectivity index (χ4n) is 2.48. The number of carbonyl (C=O) groups is 2. The number of aryl methyl sites for hydroxylation is 2. The third-order valence-electron chi connectivity index (χ3n) is 3.85. The van der Waals surface area contributed by atoms with Gasteiger partial charge in [-0.3, -0.25) is 14.3 Å². The predicted molar refractivity (Wildman–Crippen MR) is 88.8 cm³/mol. The van der Waals surface area contributed by atoms with Crippen molar-refractivity contribution < 1.29 is 27.9 Å². The van der Waals surface area contributed by atoms with Crippen LogP contribution in [0.25, 0.3) is 6.08 Å². The number of hydrogen-bond donors (Lipinski definition) is 1. The van der Waals surface area contributed by atoms with E-state index in [4.69, 9.17) is 5.11 Å². The van der Waals surface area contributed by atoms with Gasteiger partial charge in [-0.2, -0.15) is 18.3 Å². The molecule has 1 aromatic heterocycles. The van der Waals surface area contributed by atoms with Crippen LogP contribution >= 0.6 is 0 Å². The minimum Gasteiger partial charge on any atom is -0.481 e. The van der Waals surface area contributed by atoms with Crippen LogP contribution in [0.2, 0.25) is 0 Å². The molecule has 0 aliphatic carbocycles. The molecule has 0 amide bonds. The van der Waals surface area contributed by atoms with Gasteiger partial charge in [-0.25, -0.2) is 0 Å². The summed E-state index contributed by atoms with van der Waals surface area (Å²) in [5.41, 5.74) is 0.962. The van der Waals surface area contributed by atoms with Crippen molar-refractivity contribution in [1.29, 1.82) is 0 Å². The monoisotopic (exact) mass is 366 g/mol. The Morgan fingerprint density at radius 2 is 1.96 bits per heavy atom. The predicted octanol–water partition coefficient (Wildman–Crippen LogP) is 3.89. The normalized spacial score (nSPS) is 11.9. The van der Waals surface area contributed by atoms with E-state index in [1.54, 1.807) is 13.8 Å². The number of carboxylic acid groups (broad SMARTS) is 1. The zero-order valence-corrected chi connectivity index (χ0v) is 14.2. The number of nitrogens with zero attached hydrogens (tertiary/aromatic N) is 2. The molecule has 0 aliphatic heterocycles. The SMILES string of the molecule is Cc1nn(CCC(=O)O)c(C)c1C=CC(=O)c1cccc(C(F)(F)F)c1. The molecule has 0 fully saturated rings. The molecule has 0 saturated carbocycles. The Kier molecular flexibility index (Phi) is 5.64. The van der Waals surface area contributed by atoms with Crippen molar-refractivity contribution in [2.45, 2.75) is 33.0 Å². The summed E-state index contributed by atoms with van der Waals surface area (Å²) in [6.07, 6.45) is -1.93. The number of rotatable bonds is 6. The summed E-state index contributed by atoms with van der Waals surface area (Å²) in [4.78, 5) is 22.8. The molecule has 0 atom stereocenters. The number of aromatic nitrogens is 2. The average molecular weight is 366 g/mol. The Balaban J connectivity index is 2.22. The fraction of sp³-hybridized carbons (Fsp3) is 0.278. The number of aliphatic carboxylic acids is 1. The lowest BCUT2D eigenvalue weighted by molar-refractivity contribution is -0.138. The topological polar surface area (TPSA) is 72.2 Å². The molecule has 0 bridgehead atoms. The van der Waals surface area contributed by atoms with Gasteiger partial charge in [0.05, 0.1) is 24.2 Å². The van der Waals surface area contributed by atoms with Crippen LogP contribution in [0.15, 0.2) is 30.3 Å². The van der Waals surface area contributed by atoms with Crippen LogP contribution in [0.4, 0.5) is 13.2 Å². The van der Waals surface area contributed by atoms with E-state index in [1.807, 2.05) is 0 Å². The van der Waals surface area contributed by atoms with E-state index in [2.05, 4.69) is 5.10 Å². The van der Waals surface area contributed by atoms with Gasteiger partial charge in [0.25, 0.3) is 0 Å². The van der Waals surface area contributed by atoms with E-state index in [9.17, 15) is 22.8 Å². The Hall–Kier alpha value is -2.90. The molecule has 2 rings (SSSR count). The van der Waals surface area contributed by atoms with Gasteiger partial charge in [-0.05, 0) is 38.1 Å². The highest BCUT2D eigenvalue weighted by atomic mass is 19.4. The number of carbonyl (C=O) groups excluding carboxylic acids is 1. The number of alkyl halides is 3. The minimum absolute atomic E-state index is 0.0651. The Morgan fingerprint density at radius 3 is 2.58 bits per heavy atom. The maximum atomic E-state index is 12.7. The summed E-state index contributed by atoms with van der Waals surface area (Å²) >= 11 is 0. The van der Waals surface area contributed by atoms with Gasteiger partial charge in [0.15, 0.2) is 5.78 Å². The van der Waals surface area contributed by atoms with Crippen LogP contribution in [-0.2, 0) is 17.5 Å². The first-order chi connectivity index (χ1) is 12.1. The molecular weight excluding hydrogens is 349 g/mol. The molecule has 8 heteroatoms. The van der Waals surface area contributed by atoms with Crippen LogP contribution in [0, 0.1) is 13.8 Å². The summed E-state index contributed by atoms with van der Waals surface area (Å²) in [5, 5.41) is 13.0. The van der Waals surface area contributed by atoms with Crippen molar-refractivity contribution in [3.63, 3.8) is 0 Å². The molecule has 26 heavy (non-hydrogen) atoms. The fourth-order valence-corrected chi connectivity index (χ4v) is 2.48. The first-order valence-electron chi connectivity index (χ1n) is 7.75. The first kappa shape index (κ1) is 19.4. The highest BCUT2D eigenvalue weighted by Gasteiger charge is 2.30. The summed E-state index contributed by atoms with van der Waals surface area (Å²) in [6, 6.07) is 4.21. The quantitative estimate of drug-likeness (QED) is 0.622. The highest BCUT2D eigenvalue weighted by Crippen LogP contribution is 2.29. The third-order valence-corrected chi connectivity index (χ3v) is 3.85. The molecule has 0 saturated heterocycles. The Bertz CT molecular complexity index is 867. The van der Waals surface area contributed by atoms with E-state index in [0.29, 0.717) is 17.0 Å². The standard InChI is InChI=1S/C18H17F3N2O3/c1-11-15(12(2)23(22-11)9-8-17(25)26)6-7-16(24)13-4-3-5-14(10-13)18(19,20)21/h3-7,10H,8-9H2,1-2H3,(H,25,26). The second kappa shape index (κ2) is 7.55. The second-order valence-electron chi connectivity index (χ2n) is 5.73. The summed E-state index contributed by atoms with van der Waals surface area (Å²) in [6.45, 7) is 3.63. The molecule has 0 unspecified atom stereocenters. The number of hydrogen-bond acceptors (Lipinski definition) is 3. The summed E-state index contributed by atoms with van der Waals surface area (Å²) in [5.74, 6) is -1.51. The van der Waals surface area contributed by atoms with E-state index >= 15 is 0 Å². The molecule has 1 aromatic carbocycles. The lowest BCUT2D eigenvalue weighted by Gasteiger charge is -2.07. The van der Waals surface area contributed by atoms with Crippen molar-refractivity contribution in [2.75, 3.05) is 0 Å². The highest BCUT2D eigenvalue weighted by molar-refractivity contribution is 6.07. The molecule has 2 aromatic rings. The van der Waals surface area contributed by atoms with Gasteiger partial charge in [0.1, 0.15) is 0 Å².